The Balaban J connectivity index is 2.26. The van der Waals surface area contributed by atoms with E-state index in [9.17, 15) is 31.6 Å². The topological polar surface area (TPSA) is 41.6 Å². The molecule has 0 atom stereocenters. The van der Waals surface area contributed by atoms with Crippen LogP contribution in [0.25, 0.3) is 5.69 Å². The van der Waals surface area contributed by atoms with Crippen LogP contribution < -0.4 is 0 Å². The van der Waals surface area contributed by atoms with Crippen LogP contribution in [0.4, 0.5) is 26.3 Å². The maximum atomic E-state index is 13.2. The van der Waals surface area contributed by atoms with Gasteiger partial charge < -0.3 is 0 Å². The van der Waals surface area contributed by atoms with E-state index in [1.54, 1.807) is 36.4 Å². The third kappa shape index (κ3) is 5.44. The summed E-state index contributed by atoms with van der Waals surface area (Å²) in [7, 11) is 0. The Bertz CT molecular complexity index is 1130. The SMILES string of the molecule is N#Cc1nn(-c2c(Cl)cc(C(F)(F)F)cc2Cl)c(Sc2ccccc2)c1SC(F)(F)F. The first-order valence-corrected chi connectivity index (χ1v) is 10.4. The molecule has 0 fully saturated rings. The van der Waals surface area contributed by atoms with Gasteiger partial charge >= 0.3 is 11.7 Å². The monoisotopic (exact) mass is 513 g/mol. The number of nitrogens with zero attached hydrogens (tertiary/aromatic N) is 3. The summed E-state index contributed by atoms with van der Waals surface area (Å²) in [6.45, 7) is 0. The van der Waals surface area contributed by atoms with E-state index in [2.05, 4.69) is 5.10 Å². The molecule has 0 bridgehead atoms. The van der Waals surface area contributed by atoms with E-state index in [1.165, 1.54) is 0 Å². The summed E-state index contributed by atoms with van der Waals surface area (Å²) < 4.78 is 79.5. The molecule has 13 heteroatoms. The molecule has 1 heterocycles. The van der Waals surface area contributed by atoms with Gasteiger partial charge in [-0.1, -0.05) is 53.2 Å². The van der Waals surface area contributed by atoms with Crippen molar-refractivity contribution in [3.05, 3.63) is 63.8 Å². The molecule has 0 amide bonds. The highest BCUT2D eigenvalue weighted by atomic mass is 35.5. The van der Waals surface area contributed by atoms with Gasteiger partial charge in [-0.3, -0.25) is 0 Å². The van der Waals surface area contributed by atoms with E-state index in [0.29, 0.717) is 17.0 Å². The normalized spacial score (nSPS) is 12.1. The Hall–Kier alpha value is -2.00. The van der Waals surface area contributed by atoms with Gasteiger partial charge in [0.25, 0.3) is 0 Å². The van der Waals surface area contributed by atoms with Crippen LogP contribution in [0.5, 0.6) is 0 Å². The maximum Gasteiger partial charge on any atom is 0.446 e. The van der Waals surface area contributed by atoms with Crippen molar-refractivity contribution in [3.8, 4) is 11.8 Å². The number of hydrogen-bond donors (Lipinski definition) is 0. The summed E-state index contributed by atoms with van der Waals surface area (Å²) in [6, 6.07) is 10.9. The first kappa shape index (κ1) is 23.7. The van der Waals surface area contributed by atoms with Gasteiger partial charge in [0.05, 0.1) is 20.5 Å². The third-order valence-corrected chi connectivity index (χ3v) is 6.25. The molecule has 0 spiro atoms. The van der Waals surface area contributed by atoms with Gasteiger partial charge in [-0.15, -0.1) is 0 Å². The minimum Gasteiger partial charge on any atom is -0.221 e. The fourth-order valence-corrected chi connectivity index (χ4v) is 4.85. The molecule has 0 saturated carbocycles. The molecule has 0 aliphatic heterocycles. The van der Waals surface area contributed by atoms with Gasteiger partial charge in [0.1, 0.15) is 16.8 Å². The molecule has 3 aromatic rings. The molecule has 3 nitrogen and oxygen atoms in total. The van der Waals surface area contributed by atoms with E-state index in [1.807, 2.05) is 0 Å². The standard InChI is InChI=1S/C18H7Cl2F6N3S2/c19-11-6-9(17(21,22)23)7-12(20)14(11)29-16(30-10-4-2-1-3-5-10)15(13(8-27)28-29)31-18(24,25)26/h1-7H. The van der Waals surface area contributed by atoms with E-state index in [4.69, 9.17) is 23.2 Å². The quantitative estimate of drug-likeness (QED) is 0.263. The van der Waals surface area contributed by atoms with E-state index < -0.39 is 49.6 Å². The fourth-order valence-electron chi connectivity index (χ4n) is 2.44. The second kappa shape index (κ2) is 8.86. The molecule has 162 valence electrons. The number of aromatic nitrogens is 2. The van der Waals surface area contributed by atoms with Crippen molar-refractivity contribution in [3.63, 3.8) is 0 Å². The molecule has 0 radical (unpaired) electrons. The maximum absolute atomic E-state index is 13.2. The molecule has 3 rings (SSSR count). The summed E-state index contributed by atoms with van der Waals surface area (Å²) in [6.07, 6.45) is -4.74. The van der Waals surface area contributed by atoms with Crippen LogP contribution in [0.15, 0.2) is 57.3 Å². The fraction of sp³-hybridized carbons (Fsp3) is 0.111. The van der Waals surface area contributed by atoms with Gasteiger partial charge in [0, 0.05) is 4.90 Å². The summed E-state index contributed by atoms with van der Waals surface area (Å²) in [4.78, 5) is -0.0211. The van der Waals surface area contributed by atoms with Crippen molar-refractivity contribution >= 4 is 46.7 Å². The third-order valence-electron chi connectivity index (χ3n) is 3.64. The van der Waals surface area contributed by atoms with Crippen LogP contribution in [0.2, 0.25) is 10.0 Å². The number of halogens is 8. The van der Waals surface area contributed by atoms with Crippen LogP contribution >= 0.6 is 46.7 Å². The predicted octanol–water partition coefficient (Wildman–Crippen LogP) is 7.83. The molecular weight excluding hydrogens is 507 g/mol. The lowest BCUT2D eigenvalue weighted by Gasteiger charge is -2.15. The van der Waals surface area contributed by atoms with Crippen LogP contribution in [0.3, 0.4) is 0 Å². The molecule has 0 saturated heterocycles. The van der Waals surface area contributed by atoms with Crippen LogP contribution in [0, 0.1) is 11.3 Å². The van der Waals surface area contributed by atoms with Gasteiger partial charge in [-0.05, 0) is 36.0 Å². The van der Waals surface area contributed by atoms with Crippen LogP contribution in [0.1, 0.15) is 11.3 Å². The molecule has 0 aliphatic rings. The lowest BCUT2D eigenvalue weighted by Crippen LogP contribution is -2.08. The van der Waals surface area contributed by atoms with Gasteiger partial charge in [-0.25, -0.2) is 4.68 Å². The van der Waals surface area contributed by atoms with Crippen molar-refractivity contribution in [2.75, 3.05) is 0 Å². The number of thioether (sulfide) groups is 1. The number of nitriles is 1. The largest absolute Gasteiger partial charge is 0.446 e. The van der Waals surface area contributed by atoms with Crippen LogP contribution in [-0.2, 0) is 6.18 Å². The van der Waals surface area contributed by atoms with E-state index in [0.717, 1.165) is 16.4 Å². The minimum absolute atomic E-state index is 0.173. The zero-order valence-electron chi connectivity index (χ0n) is 14.7. The Morgan fingerprint density at radius 1 is 0.968 bits per heavy atom. The van der Waals surface area contributed by atoms with Crippen molar-refractivity contribution in [1.82, 2.24) is 9.78 Å². The predicted molar refractivity (Wildman–Crippen MR) is 106 cm³/mol. The van der Waals surface area contributed by atoms with Gasteiger partial charge in [-0.2, -0.15) is 36.7 Å². The molecule has 2 aromatic carbocycles. The van der Waals surface area contributed by atoms with E-state index >= 15 is 0 Å². The Morgan fingerprint density at radius 3 is 2.03 bits per heavy atom. The smallest absolute Gasteiger partial charge is 0.221 e. The Labute approximate surface area is 189 Å². The van der Waals surface area contributed by atoms with Crippen molar-refractivity contribution in [2.45, 2.75) is 26.5 Å². The molecule has 1 aromatic heterocycles. The van der Waals surface area contributed by atoms with Gasteiger partial charge in [0.15, 0.2) is 5.69 Å². The number of benzene rings is 2. The number of alkyl halides is 6. The summed E-state index contributed by atoms with van der Waals surface area (Å²) in [5.74, 6) is 0. The zero-order valence-corrected chi connectivity index (χ0v) is 17.9. The Morgan fingerprint density at radius 2 is 1.55 bits per heavy atom. The molecule has 0 unspecified atom stereocenters. The molecule has 31 heavy (non-hydrogen) atoms. The Kier molecular flexibility index (Phi) is 6.76. The first-order chi connectivity index (χ1) is 14.4. The highest BCUT2D eigenvalue weighted by Crippen LogP contribution is 2.47. The molecule has 0 aliphatic carbocycles. The zero-order chi connectivity index (χ0) is 23.0. The molecule has 0 N–H and O–H groups in total. The average molecular weight is 514 g/mol. The summed E-state index contributed by atoms with van der Waals surface area (Å²) >= 11 is 12.3. The van der Waals surface area contributed by atoms with E-state index in [-0.39, 0.29) is 10.7 Å². The number of hydrogen-bond acceptors (Lipinski definition) is 4. The highest BCUT2D eigenvalue weighted by molar-refractivity contribution is 8.02. The molecular formula is C18H7Cl2F6N3S2. The summed E-state index contributed by atoms with van der Waals surface area (Å²) in [5.41, 5.74) is -6.74. The minimum atomic E-state index is -4.75. The summed E-state index contributed by atoms with van der Waals surface area (Å²) in [5, 5.41) is 12.0. The highest BCUT2D eigenvalue weighted by Gasteiger charge is 2.36. The average Bonchev–Trinajstić information content (AvgIpc) is 2.97. The lowest BCUT2D eigenvalue weighted by molar-refractivity contribution is -0.137. The van der Waals surface area contributed by atoms with Crippen LogP contribution in [-0.4, -0.2) is 15.3 Å². The first-order valence-electron chi connectivity index (χ1n) is 7.99. The second-order valence-corrected chi connectivity index (χ2v) is 8.71. The van der Waals surface area contributed by atoms with Crippen molar-refractivity contribution in [1.29, 1.82) is 5.26 Å². The lowest BCUT2D eigenvalue weighted by atomic mass is 10.2. The second-order valence-electron chi connectivity index (χ2n) is 5.76. The van der Waals surface area contributed by atoms with Crippen molar-refractivity contribution in [2.24, 2.45) is 0 Å². The number of rotatable bonds is 4. The van der Waals surface area contributed by atoms with Gasteiger partial charge in [0.2, 0.25) is 0 Å². The van der Waals surface area contributed by atoms with Crippen molar-refractivity contribution < 1.29 is 26.3 Å².